The third kappa shape index (κ3) is 8.55. The van der Waals surface area contributed by atoms with Gasteiger partial charge in [0, 0.05) is 24.0 Å². The van der Waals surface area contributed by atoms with Gasteiger partial charge in [-0.1, -0.05) is 130 Å². The number of nitrogens with one attached hydrogen (secondary N) is 2. The highest BCUT2D eigenvalue weighted by Gasteiger charge is 2.29. The summed E-state index contributed by atoms with van der Waals surface area (Å²) in [6.07, 6.45) is 6.74. The molecule has 4 aromatic carbocycles. The monoisotopic (exact) mass is 727 g/mol. The highest BCUT2D eigenvalue weighted by Crippen LogP contribution is 2.31. The molecular weight excluding hydrogens is 683 g/mol. The first kappa shape index (κ1) is 37.2. The summed E-state index contributed by atoms with van der Waals surface area (Å²) in [4.78, 5) is 36.0. The van der Waals surface area contributed by atoms with E-state index in [9.17, 15) is 18.0 Å². The predicted molar refractivity (Wildman–Crippen MR) is 210 cm³/mol. The number of imidazole rings is 1. The van der Waals surface area contributed by atoms with Crippen molar-refractivity contribution >= 4 is 38.7 Å². The number of benzene rings is 4. The van der Waals surface area contributed by atoms with Crippen molar-refractivity contribution in [3.8, 4) is 11.1 Å². The van der Waals surface area contributed by atoms with Crippen LogP contribution in [0.2, 0.25) is 0 Å². The summed E-state index contributed by atoms with van der Waals surface area (Å²) in [5.74, 6) is -0.544. The number of carbonyl (C=O) groups is 2. The number of carbonyl (C=O) groups excluding carboxylic acids is 2. The van der Waals surface area contributed by atoms with Crippen LogP contribution in [0.25, 0.3) is 22.3 Å². The van der Waals surface area contributed by atoms with Gasteiger partial charge >= 0.3 is 0 Å². The van der Waals surface area contributed by atoms with Gasteiger partial charge in [0.05, 0.1) is 29.2 Å². The van der Waals surface area contributed by atoms with E-state index in [1.54, 1.807) is 24.4 Å². The number of sulfonamides is 1. The van der Waals surface area contributed by atoms with Crippen molar-refractivity contribution < 1.29 is 18.0 Å². The average Bonchev–Trinajstić information content (AvgIpc) is 3.52. The molecule has 2 aromatic heterocycles. The fraction of sp³-hybridized carbons (Fsp3) is 0.256. The number of unbranched alkanes of at least 4 members (excludes halogenated alkanes) is 2. The molecular formula is C43H45N5O4S. The van der Waals surface area contributed by atoms with Gasteiger partial charge in [-0.05, 0) is 48.1 Å². The van der Waals surface area contributed by atoms with Gasteiger partial charge in [-0.15, -0.1) is 0 Å². The molecule has 2 amide bonds. The van der Waals surface area contributed by atoms with E-state index in [2.05, 4.69) is 28.5 Å². The zero-order chi connectivity index (χ0) is 37.4. The molecule has 0 radical (unpaired) electrons. The maximum Gasteiger partial charge on any atom is 0.264 e. The average molecular weight is 728 g/mol. The number of rotatable bonds is 15. The topological polar surface area (TPSA) is 123 Å². The standard InChI is InChI=1S/C43H45N5O4S/c1-4-6-22-38-46-41-30(3)36(45-39(49)23-7-5-2)28-44-42(41)48(38)29-31-24-26-32(27-25-31)35-20-14-15-21-37(35)53(51,52)47-43(50)40(33-16-10-8-11-17-33)34-18-12-9-13-19-34/h8-21,24-28,40H,4-7,22-23,29H2,1-3H3,(H,45,49)(H,47,50). The Labute approximate surface area is 311 Å². The number of fused-ring (bicyclic) bond motifs is 1. The quantitative estimate of drug-likeness (QED) is 0.109. The van der Waals surface area contributed by atoms with Crippen LogP contribution in [0.1, 0.15) is 79.9 Å². The molecule has 2 N–H and O–H groups in total. The lowest BCUT2D eigenvalue weighted by atomic mass is 9.91. The van der Waals surface area contributed by atoms with Gasteiger partial charge in [-0.25, -0.2) is 23.1 Å². The number of anilines is 1. The minimum atomic E-state index is -4.26. The molecule has 0 fully saturated rings. The van der Waals surface area contributed by atoms with E-state index in [-0.39, 0.29) is 10.8 Å². The summed E-state index contributed by atoms with van der Waals surface area (Å²) >= 11 is 0. The summed E-state index contributed by atoms with van der Waals surface area (Å²) in [6, 6.07) is 32.8. The fourth-order valence-corrected chi connectivity index (χ4v) is 7.76. The third-order valence-electron chi connectivity index (χ3n) is 9.43. The van der Waals surface area contributed by atoms with E-state index < -0.39 is 21.8 Å². The summed E-state index contributed by atoms with van der Waals surface area (Å²) in [5, 5.41) is 3.01. The van der Waals surface area contributed by atoms with Crippen LogP contribution in [0.15, 0.2) is 120 Å². The molecule has 0 spiro atoms. The van der Waals surface area contributed by atoms with Crippen LogP contribution in [-0.2, 0) is 32.6 Å². The van der Waals surface area contributed by atoms with Gasteiger partial charge < -0.3 is 9.88 Å². The van der Waals surface area contributed by atoms with E-state index in [0.717, 1.165) is 60.2 Å². The molecule has 272 valence electrons. The number of aryl methyl sites for hydroxylation is 2. The minimum absolute atomic E-state index is 0.0145. The van der Waals surface area contributed by atoms with Crippen molar-refractivity contribution in [3.63, 3.8) is 0 Å². The lowest BCUT2D eigenvalue weighted by Gasteiger charge is -2.19. The van der Waals surface area contributed by atoms with Crippen LogP contribution in [0.4, 0.5) is 5.69 Å². The highest BCUT2D eigenvalue weighted by molar-refractivity contribution is 7.90. The zero-order valence-electron chi connectivity index (χ0n) is 30.4. The maximum atomic E-state index is 13.9. The Bertz CT molecular complexity index is 2270. The van der Waals surface area contributed by atoms with Gasteiger partial charge in [0.2, 0.25) is 11.8 Å². The Morgan fingerprint density at radius 2 is 1.42 bits per heavy atom. The summed E-state index contributed by atoms with van der Waals surface area (Å²) in [6.45, 7) is 6.69. The van der Waals surface area contributed by atoms with Crippen LogP contribution >= 0.6 is 0 Å². The number of amides is 2. The molecule has 6 aromatic rings. The van der Waals surface area contributed by atoms with Crippen molar-refractivity contribution in [3.05, 3.63) is 143 Å². The van der Waals surface area contributed by atoms with Crippen molar-refractivity contribution in [1.82, 2.24) is 19.3 Å². The lowest BCUT2D eigenvalue weighted by molar-refractivity contribution is -0.120. The molecule has 0 saturated carbocycles. The van der Waals surface area contributed by atoms with Crippen molar-refractivity contribution in [2.24, 2.45) is 0 Å². The molecule has 0 bridgehead atoms. The van der Waals surface area contributed by atoms with Crippen molar-refractivity contribution in [2.45, 2.75) is 76.7 Å². The van der Waals surface area contributed by atoms with Gasteiger partial charge in [0.25, 0.3) is 10.0 Å². The van der Waals surface area contributed by atoms with Crippen LogP contribution < -0.4 is 10.0 Å². The molecule has 0 unspecified atom stereocenters. The van der Waals surface area contributed by atoms with Crippen LogP contribution in [-0.4, -0.2) is 34.8 Å². The largest absolute Gasteiger partial charge is 0.324 e. The number of pyridine rings is 1. The molecule has 0 aliphatic rings. The van der Waals surface area contributed by atoms with Crippen LogP contribution in [0, 0.1) is 6.92 Å². The number of hydrogen-bond donors (Lipinski definition) is 2. The van der Waals surface area contributed by atoms with E-state index >= 15 is 0 Å². The van der Waals surface area contributed by atoms with Gasteiger partial charge in [0.15, 0.2) is 5.65 Å². The zero-order valence-corrected chi connectivity index (χ0v) is 31.2. The maximum absolute atomic E-state index is 13.9. The summed E-state index contributed by atoms with van der Waals surface area (Å²) in [7, 11) is -4.26. The van der Waals surface area contributed by atoms with E-state index in [4.69, 9.17) is 9.97 Å². The van der Waals surface area contributed by atoms with Gasteiger partial charge in [0.1, 0.15) is 11.3 Å². The summed E-state index contributed by atoms with van der Waals surface area (Å²) < 4.78 is 32.3. The first-order valence-electron chi connectivity index (χ1n) is 18.2. The van der Waals surface area contributed by atoms with Crippen LogP contribution in [0.5, 0.6) is 0 Å². The molecule has 10 heteroatoms. The Morgan fingerprint density at radius 3 is 2.06 bits per heavy atom. The number of aromatic nitrogens is 3. The lowest BCUT2D eigenvalue weighted by Crippen LogP contribution is -2.35. The van der Waals surface area contributed by atoms with E-state index in [0.29, 0.717) is 40.9 Å². The smallest absolute Gasteiger partial charge is 0.264 e. The first-order chi connectivity index (χ1) is 25.7. The highest BCUT2D eigenvalue weighted by atomic mass is 32.2. The Morgan fingerprint density at radius 1 is 0.792 bits per heavy atom. The second-order valence-corrected chi connectivity index (χ2v) is 14.9. The fourth-order valence-electron chi connectivity index (χ4n) is 6.53. The second-order valence-electron chi connectivity index (χ2n) is 13.3. The Balaban J connectivity index is 1.26. The van der Waals surface area contributed by atoms with Gasteiger partial charge in [-0.3, -0.25) is 9.59 Å². The minimum Gasteiger partial charge on any atom is -0.324 e. The predicted octanol–water partition coefficient (Wildman–Crippen LogP) is 8.56. The molecule has 6 rings (SSSR count). The van der Waals surface area contributed by atoms with Crippen LogP contribution in [0.3, 0.4) is 0 Å². The molecule has 0 atom stereocenters. The Kier molecular flexibility index (Phi) is 11.8. The number of hydrogen-bond acceptors (Lipinski definition) is 6. The second kappa shape index (κ2) is 16.8. The normalized spacial score (nSPS) is 11.5. The molecule has 9 nitrogen and oxygen atoms in total. The van der Waals surface area contributed by atoms with Gasteiger partial charge in [-0.2, -0.15) is 0 Å². The molecule has 0 aliphatic carbocycles. The summed E-state index contributed by atoms with van der Waals surface area (Å²) in [5.41, 5.74) is 6.64. The van der Waals surface area contributed by atoms with E-state index in [1.807, 2.05) is 91.9 Å². The SMILES string of the molecule is CCCCC(=O)Nc1cnc2c(nc(CCCC)n2Cc2ccc(-c3ccccc3S(=O)(=O)NC(=O)C(c3ccccc3)c3ccccc3)cc2)c1C. The van der Waals surface area contributed by atoms with E-state index in [1.165, 1.54) is 6.07 Å². The van der Waals surface area contributed by atoms with Crippen molar-refractivity contribution in [2.75, 3.05) is 5.32 Å². The first-order valence-corrected chi connectivity index (χ1v) is 19.7. The molecule has 0 saturated heterocycles. The number of nitrogens with zero attached hydrogens (tertiary/aromatic N) is 3. The molecule has 0 aliphatic heterocycles. The molecule has 53 heavy (non-hydrogen) atoms. The molecule has 2 heterocycles. The van der Waals surface area contributed by atoms with Crippen molar-refractivity contribution in [1.29, 1.82) is 0 Å². The Hall–Kier alpha value is -5.61. The third-order valence-corrected chi connectivity index (χ3v) is 10.8.